The van der Waals surface area contributed by atoms with E-state index < -0.39 is 29.5 Å². The van der Waals surface area contributed by atoms with Crippen LogP contribution < -0.4 is 5.69 Å². The van der Waals surface area contributed by atoms with E-state index in [0.29, 0.717) is 0 Å². The molecule has 1 aromatic rings. The molecule has 0 aromatic carbocycles. The molecule has 0 spiro atoms. The number of H-pyrrole nitrogens is 2. The third-order valence-corrected chi connectivity index (χ3v) is 3.01. The number of carbonyl (C=O) groups is 2. The zero-order valence-corrected chi connectivity index (χ0v) is 9.67. The van der Waals surface area contributed by atoms with E-state index in [1.165, 1.54) is 18.1 Å². The summed E-state index contributed by atoms with van der Waals surface area (Å²) >= 11 is 0. The Labute approximate surface area is 102 Å². The molecule has 18 heavy (non-hydrogen) atoms. The average molecular weight is 255 g/mol. The quantitative estimate of drug-likeness (QED) is 0.632. The number of carboxylic acid groups (broad SMARTS) is 1. The van der Waals surface area contributed by atoms with Crippen molar-refractivity contribution in [3.05, 3.63) is 22.4 Å². The van der Waals surface area contributed by atoms with Gasteiger partial charge in [-0.3, -0.25) is 9.59 Å². The molecule has 1 aromatic heterocycles. The number of aliphatic carboxylic acids is 1. The predicted molar refractivity (Wildman–Crippen MR) is 59.2 cm³/mol. The molecule has 0 bridgehead atoms. The van der Waals surface area contributed by atoms with Crippen LogP contribution in [0.15, 0.2) is 11.0 Å². The zero-order valence-electron chi connectivity index (χ0n) is 9.67. The van der Waals surface area contributed by atoms with Gasteiger partial charge in [0, 0.05) is 13.2 Å². The van der Waals surface area contributed by atoms with Crippen LogP contribution in [0.2, 0.25) is 0 Å². The molecular weight excluding hydrogens is 242 g/mol. The van der Waals surface area contributed by atoms with Crippen molar-refractivity contribution >= 4 is 11.9 Å². The second kappa shape index (κ2) is 4.65. The van der Waals surface area contributed by atoms with Crippen LogP contribution in [-0.4, -0.2) is 58.2 Å². The van der Waals surface area contributed by atoms with Crippen LogP contribution in [0.1, 0.15) is 10.5 Å². The Morgan fingerprint density at radius 2 is 2.22 bits per heavy atom. The van der Waals surface area contributed by atoms with Gasteiger partial charge in [0.1, 0.15) is 11.6 Å². The number of rotatable bonds is 3. The lowest BCUT2D eigenvalue weighted by atomic mass is 10.0. The Balaban J connectivity index is 2.16. The van der Waals surface area contributed by atoms with Crippen LogP contribution in [0.4, 0.5) is 0 Å². The Kier molecular flexibility index (Phi) is 3.19. The summed E-state index contributed by atoms with van der Waals surface area (Å²) in [4.78, 5) is 39.8. The molecule has 0 aliphatic carbocycles. The van der Waals surface area contributed by atoms with Gasteiger partial charge < -0.3 is 24.7 Å². The number of aromatic amines is 2. The van der Waals surface area contributed by atoms with Crippen molar-refractivity contribution in [2.75, 3.05) is 20.3 Å². The number of ether oxygens (including phenoxy) is 1. The van der Waals surface area contributed by atoms with Gasteiger partial charge in [-0.25, -0.2) is 4.79 Å². The summed E-state index contributed by atoms with van der Waals surface area (Å²) < 4.78 is 5.09. The van der Waals surface area contributed by atoms with Crippen molar-refractivity contribution in [2.24, 2.45) is 5.92 Å². The summed E-state index contributed by atoms with van der Waals surface area (Å²) in [7, 11) is 1.49. The molecular formula is C10H13N3O5. The first-order valence-corrected chi connectivity index (χ1v) is 5.36. The molecule has 2 atom stereocenters. The highest BCUT2D eigenvalue weighted by Crippen LogP contribution is 2.20. The van der Waals surface area contributed by atoms with Crippen molar-refractivity contribution in [1.29, 1.82) is 0 Å². The van der Waals surface area contributed by atoms with Crippen LogP contribution >= 0.6 is 0 Å². The van der Waals surface area contributed by atoms with Gasteiger partial charge in [0.15, 0.2) is 0 Å². The molecule has 1 aliphatic heterocycles. The Bertz CT molecular complexity index is 520. The van der Waals surface area contributed by atoms with E-state index in [1.54, 1.807) is 0 Å². The van der Waals surface area contributed by atoms with Crippen molar-refractivity contribution < 1.29 is 19.4 Å². The normalized spacial score (nSPS) is 22.9. The zero-order chi connectivity index (χ0) is 13.3. The minimum Gasteiger partial charge on any atom is -0.481 e. The molecule has 98 valence electrons. The summed E-state index contributed by atoms with van der Waals surface area (Å²) in [5.41, 5.74) is -0.386. The number of likely N-dealkylation sites (N-methyl/N-ethyl adjacent to an activating group) is 1. The average Bonchev–Trinajstić information content (AvgIpc) is 2.95. The van der Waals surface area contributed by atoms with Crippen molar-refractivity contribution in [2.45, 2.75) is 6.04 Å². The molecule has 8 heteroatoms. The van der Waals surface area contributed by atoms with E-state index in [2.05, 4.69) is 9.97 Å². The number of nitrogens with zero attached hydrogens (tertiary/aromatic N) is 1. The van der Waals surface area contributed by atoms with Crippen molar-refractivity contribution in [3.8, 4) is 0 Å². The lowest BCUT2D eigenvalue weighted by Crippen LogP contribution is -2.44. The van der Waals surface area contributed by atoms with E-state index in [4.69, 9.17) is 9.84 Å². The topological polar surface area (TPSA) is 115 Å². The summed E-state index contributed by atoms with van der Waals surface area (Å²) in [6.45, 7) is 0.259. The summed E-state index contributed by atoms with van der Waals surface area (Å²) in [5, 5.41) is 9.01. The maximum absolute atomic E-state index is 12.0. The van der Waals surface area contributed by atoms with Crippen molar-refractivity contribution in [3.63, 3.8) is 0 Å². The smallest absolute Gasteiger partial charge is 0.323 e. The van der Waals surface area contributed by atoms with E-state index >= 15 is 0 Å². The molecule has 1 aliphatic rings. The number of nitrogens with one attached hydrogen (secondary N) is 2. The molecule has 1 fully saturated rings. The number of hydrogen-bond donors (Lipinski definition) is 3. The summed E-state index contributed by atoms with van der Waals surface area (Å²) in [5.74, 6) is -2.19. The highest BCUT2D eigenvalue weighted by atomic mass is 16.5. The van der Waals surface area contributed by atoms with Gasteiger partial charge in [-0.05, 0) is 0 Å². The fraction of sp³-hybridized carbons (Fsp3) is 0.500. The van der Waals surface area contributed by atoms with Gasteiger partial charge in [0.25, 0.3) is 5.91 Å². The maximum Gasteiger partial charge on any atom is 0.323 e. The SMILES string of the molecule is CN(C(=O)c1c[nH]c(=O)[nH]1)C1COCC1C(=O)O. The van der Waals surface area contributed by atoms with Crippen LogP contribution in [0.25, 0.3) is 0 Å². The fourth-order valence-corrected chi connectivity index (χ4v) is 1.95. The summed E-state index contributed by atoms with van der Waals surface area (Å²) in [6, 6.07) is -0.534. The first-order valence-electron chi connectivity index (χ1n) is 5.36. The Hall–Kier alpha value is -2.09. The van der Waals surface area contributed by atoms with Gasteiger partial charge in [0.2, 0.25) is 0 Å². The van der Waals surface area contributed by atoms with Gasteiger partial charge >= 0.3 is 11.7 Å². The van der Waals surface area contributed by atoms with Crippen LogP contribution in [0.5, 0.6) is 0 Å². The molecule has 2 rings (SSSR count). The van der Waals surface area contributed by atoms with Crippen LogP contribution in [0, 0.1) is 5.92 Å². The number of carbonyl (C=O) groups excluding carboxylic acids is 1. The molecule has 0 radical (unpaired) electrons. The third-order valence-electron chi connectivity index (χ3n) is 3.01. The summed E-state index contributed by atoms with van der Waals surface area (Å²) in [6.07, 6.45) is 1.26. The van der Waals surface area contributed by atoms with Gasteiger partial charge in [-0.1, -0.05) is 0 Å². The van der Waals surface area contributed by atoms with Gasteiger partial charge in [0.05, 0.1) is 19.3 Å². The number of amides is 1. The van der Waals surface area contributed by atoms with Crippen LogP contribution in [0.3, 0.4) is 0 Å². The second-order valence-electron chi connectivity index (χ2n) is 4.12. The maximum atomic E-state index is 12.0. The lowest BCUT2D eigenvalue weighted by Gasteiger charge is -2.25. The number of hydrogen-bond acceptors (Lipinski definition) is 4. The minimum absolute atomic E-state index is 0.0846. The monoisotopic (exact) mass is 255 g/mol. The van der Waals surface area contributed by atoms with E-state index in [9.17, 15) is 14.4 Å². The van der Waals surface area contributed by atoms with Gasteiger partial charge in [-0.2, -0.15) is 0 Å². The Morgan fingerprint density at radius 1 is 1.50 bits per heavy atom. The van der Waals surface area contributed by atoms with Gasteiger partial charge in [-0.15, -0.1) is 0 Å². The largest absolute Gasteiger partial charge is 0.481 e. The minimum atomic E-state index is -1.00. The van der Waals surface area contributed by atoms with E-state index in [0.717, 1.165) is 0 Å². The second-order valence-corrected chi connectivity index (χ2v) is 4.12. The molecule has 2 heterocycles. The highest BCUT2D eigenvalue weighted by molar-refractivity contribution is 5.92. The third kappa shape index (κ3) is 2.14. The fourth-order valence-electron chi connectivity index (χ4n) is 1.95. The van der Waals surface area contributed by atoms with E-state index in [1.807, 2.05) is 0 Å². The molecule has 0 saturated carbocycles. The molecule has 1 saturated heterocycles. The van der Waals surface area contributed by atoms with Crippen LogP contribution in [-0.2, 0) is 9.53 Å². The number of aromatic nitrogens is 2. The Morgan fingerprint density at radius 3 is 2.78 bits per heavy atom. The van der Waals surface area contributed by atoms with Crippen molar-refractivity contribution in [1.82, 2.24) is 14.9 Å². The standard InChI is InChI=1S/C10H13N3O5/c1-13(7-4-18-3-5(7)9(15)16)8(14)6-2-11-10(17)12-6/h2,5,7H,3-4H2,1H3,(H,15,16)(H2,11,12,17). The lowest BCUT2D eigenvalue weighted by molar-refractivity contribution is -0.142. The molecule has 3 N–H and O–H groups in total. The molecule has 2 unspecified atom stereocenters. The number of carboxylic acids is 1. The predicted octanol–water partition coefficient (Wildman–Crippen LogP) is -1.13. The van der Waals surface area contributed by atoms with E-state index in [-0.39, 0.29) is 18.9 Å². The number of imidazole rings is 1. The first-order chi connectivity index (χ1) is 8.50. The first kappa shape index (κ1) is 12.4. The molecule has 8 nitrogen and oxygen atoms in total. The highest BCUT2D eigenvalue weighted by Gasteiger charge is 2.38. The molecule has 1 amide bonds.